The van der Waals surface area contributed by atoms with Crippen molar-refractivity contribution in [3.63, 3.8) is 0 Å². The number of aryl methyl sites for hydroxylation is 1. The van der Waals surface area contributed by atoms with Crippen molar-refractivity contribution in [2.24, 2.45) is 7.05 Å². The van der Waals surface area contributed by atoms with Crippen molar-refractivity contribution in [1.29, 1.82) is 0 Å². The number of benzene rings is 1. The molecule has 1 aliphatic rings. The quantitative estimate of drug-likeness (QED) is 0.278. The number of nitrogens with one attached hydrogen (secondary N) is 1. The Morgan fingerprint density at radius 1 is 1.12 bits per heavy atom. The van der Waals surface area contributed by atoms with Gasteiger partial charge in [-0.2, -0.15) is 5.10 Å². The molecule has 1 aromatic carbocycles. The molecule has 12 heteroatoms. The second-order valence-electron chi connectivity index (χ2n) is 10.8. The van der Waals surface area contributed by atoms with Crippen LogP contribution >= 0.6 is 11.6 Å². The van der Waals surface area contributed by atoms with E-state index in [1.807, 2.05) is 59.9 Å². The predicted octanol–water partition coefficient (Wildman–Crippen LogP) is 4.49. The highest BCUT2D eigenvalue weighted by Gasteiger charge is 2.27. The molecule has 11 nitrogen and oxygen atoms in total. The molecule has 5 rings (SSSR count). The standard InChI is InChI=1S/C31H36ClN7O4/c1-36(2)11-6-7-29(40)38-13-8-21(9-14-38)39-25-18-28(34-27-10-12-37(3)35-27)33-19-20(25)15-24(31(39)41)23-16-22(42-4)17-26(43-5)30(23)32/h6-7,10,12,15-19,21H,8-9,11,13-14H2,1-5H3,(H,33,34,35)/b7-6+. The van der Waals surface area contributed by atoms with E-state index >= 15 is 0 Å². The second-order valence-corrected chi connectivity index (χ2v) is 11.2. The van der Waals surface area contributed by atoms with Crippen LogP contribution in [0.5, 0.6) is 11.5 Å². The number of halogens is 1. The maximum Gasteiger partial charge on any atom is 0.259 e. The number of pyridine rings is 2. The van der Waals surface area contributed by atoms with Crippen molar-refractivity contribution in [3.8, 4) is 22.6 Å². The van der Waals surface area contributed by atoms with Crippen LogP contribution in [-0.2, 0) is 11.8 Å². The Kier molecular flexibility index (Phi) is 9.02. The van der Waals surface area contributed by atoms with Crippen LogP contribution in [0.25, 0.3) is 22.0 Å². The number of piperidine rings is 1. The highest BCUT2D eigenvalue weighted by molar-refractivity contribution is 6.35. The highest BCUT2D eigenvalue weighted by atomic mass is 35.5. The average molecular weight is 606 g/mol. The Labute approximate surface area is 255 Å². The van der Waals surface area contributed by atoms with Gasteiger partial charge in [0.25, 0.3) is 5.56 Å². The molecule has 3 aromatic heterocycles. The first-order chi connectivity index (χ1) is 20.7. The van der Waals surface area contributed by atoms with Gasteiger partial charge in [0.15, 0.2) is 5.82 Å². The van der Waals surface area contributed by atoms with E-state index in [1.54, 1.807) is 42.3 Å². The fourth-order valence-corrected chi connectivity index (χ4v) is 5.61. The summed E-state index contributed by atoms with van der Waals surface area (Å²) in [5.41, 5.74) is 1.44. The molecule has 0 bridgehead atoms. The number of carbonyl (C=O) groups is 1. The van der Waals surface area contributed by atoms with Gasteiger partial charge in [0, 0.05) is 85.9 Å². The SMILES string of the molecule is COc1cc(OC)c(Cl)c(-c2cc3cnc(Nc4ccn(C)n4)cc3n(C3CCN(C(=O)/C=C/CN(C)C)CC3)c2=O)c1. The normalized spacial score (nSPS) is 14.2. The molecular weight excluding hydrogens is 570 g/mol. The minimum atomic E-state index is -0.199. The Morgan fingerprint density at radius 3 is 2.53 bits per heavy atom. The minimum absolute atomic E-state index is 0.0208. The lowest BCUT2D eigenvalue weighted by Crippen LogP contribution is -2.40. The number of amides is 1. The molecule has 0 aliphatic carbocycles. The van der Waals surface area contributed by atoms with Crippen LogP contribution in [0.1, 0.15) is 18.9 Å². The molecule has 1 saturated heterocycles. The van der Waals surface area contributed by atoms with Gasteiger partial charge in [-0.05, 0) is 39.1 Å². The number of aromatic nitrogens is 4. The summed E-state index contributed by atoms with van der Waals surface area (Å²) in [5.74, 6) is 2.11. The number of ether oxygens (including phenoxy) is 2. The maximum absolute atomic E-state index is 14.4. The summed E-state index contributed by atoms with van der Waals surface area (Å²) in [6.45, 7) is 1.76. The smallest absolute Gasteiger partial charge is 0.259 e. The third-order valence-electron chi connectivity index (χ3n) is 7.52. The number of likely N-dealkylation sites (tertiary alicyclic amines) is 1. The molecular formula is C31H36ClN7O4. The lowest BCUT2D eigenvalue weighted by atomic mass is 10.00. The van der Waals surface area contributed by atoms with Crippen molar-refractivity contribution >= 4 is 40.0 Å². The van der Waals surface area contributed by atoms with Crippen LogP contribution in [0.4, 0.5) is 11.6 Å². The summed E-state index contributed by atoms with van der Waals surface area (Å²) in [6, 6.07) is 8.79. The summed E-state index contributed by atoms with van der Waals surface area (Å²) < 4.78 is 14.5. The van der Waals surface area contributed by atoms with Crippen molar-refractivity contribution in [1.82, 2.24) is 29.1 Å². The van der Waals surface area contributed by atoms with Crippen LogP contribution in [0.15, 0.2) is 59.7 Å². The van der Waals surface area contributed by atoms with E-state index in [9.17, 15) is 9.59 Å². The Balaban J connectivity index is 1.57. The number of likely N-dealkylation sites (N-methyl/N-ethyl adjacent to an activating group) is 1. The Bertz CT molecular complexity index is 1720. The van der Waals surface area contributed by atoms with Gasteiger partial charge in [0.2, 0.25) is 5.91 Å². The van der Waals surface area contributed by atoms with Gasteiger partial charge in [0.05, 0.1) is 24.8 Å². The summed E-state index contributed by atoms with van der Waals surface area (Å²) in [5, 5.41) is 8.69. The van der Waals surface area contributed by atoms with E-state index < -0.39 is 0 Å². The first-order valence-electron chi connectivity index (χ1n) is 14.0. The molecule has 0 atom stereocenters. The zero-order chi connectivity index (χ0) is 30.7. The van der Waals surface area contributed by atoms with Crippen LogP contribution in [-0.4, -0.2) is 83.0 Å². The van der Waals surface area contributed by atoms with Gasteiger partial charge in [0.1, 0.15) is 17.3 Å². The van der Waals surface area contributed by atoms with Crippen molar-refractivity contribution in [3.05, 3.63) is 70.3 Å². The van der Waals surface area contributed by atoms with Gasteiger partial charge in [-0.25, -0.2) is 4.98 Å². The summed E-state index contributed by atoms with van der Waals surface area (Å²) in [7, 11) is 8.83. The van der Waals surface area contributed by atoms with Crippen molar-refractivity contribution in [2.75, 3.05) is 53.3 Å². The van der Waals surface area contributed by atoms with E-state index in [2.05, 4.69) is 15.4 Å². The van der Waals surface area contributed by atoms with Gasteiger partial charge in [-0.15, -0.1) is 0 Å². The molecule has 0 saturated carbocycles. The lowest BCUT2D eigenvalue weighted by molar-refractivity contribution is -0.127. The number of carbonyl (C=O) groups excluding carboxylic acids is 1. The molecule has 4 heterocycles. The maximum atomic E-state index is 14.4. The molecule has 1 fully saturated rings. The van der Waals surface area contributed by atoms with Crippen LogP contribution < -0.4 is 20.3 Å². The first kappa shape index (κ1) is 30.1. The van der Waals surface area contributed by atoms with E-state index in [1.165, 1.54) is 7.11 Å². The van der Waals surface area contributed by atoms with Crippen molar-refractivity contribution in [2.45, 2.75) is 18.9 Å². The summed E-state index contributed by atoms with van der Waals surface area (Å²) >= 11 is 6.75. The number of hydrogen-bond donors (Lipinski definition) is 1. The minimum Gasteiger partial charge on any atom is -0.497 e. The average Bonchev–Trinajstić information content (AvgIpc) is 3.41. The Hall–Kier alpha value is -4.35. The number of hydrogen-bond acceptors (Lipinski definition) is 8. The summed E-state index contributed by atoms with van der Waals surface area (Å²) in [4.78, 5) is 35.6. The van der Waals surface area contributed by atoms with E-state index in [-0.39, 0.29) is 17.5 Å². The molecule has 1 aliphatic heterocycles. The summed E-state index contributed by atoms with van der Waals surface area (Å²) in [6.07, 6.45) is 8.30. The second kappa shape index (κ2) is 12.9. The van der Waals surface area contributed by atoms with Gasteiger partial charge in [-0.3, -0.25) is 14.3 Å². The molecule has 1 N–H and O–H groups in total. The number of anilines is 2. The monoisotopic (exact) mass is 605 g/mol. The predicted molar refractivity (Wildman–Crippen MR) is 169 cm³/mol. The molecule has 1 amide bonds. The molecule has 0 spiro atoms. The number of fused-ring (bicyclic) bond motifs is 1. The third kappa shape index (κ3) is 6.52. The lowest BCUT2D eigenvalue weighted by Gasteiger charge is -2.33. The fraction of sp³-hybridized carbons (Fsp3) is 0.355. The number of rotatable bonds is 9. The van der Waals surface area contributed by atoms with E-state index in [0.717, 1.165) is 10.9 Å². The van der Waals surface area contributed by atoms with Crippen molar-refractivity contribution < 1.29 is 14.3 Å². The van der Waals surface area contributed by atoms with Crippen LogP contribution in [0.2, 0.25) is 5.02 Å². The van der Waals surface area contributed by atoms with Crippen LogP contribution in [0, 0.1) is 0 Å². The van der Waals surface area contributed by atoms with Crippen LogP contribution in [0.3, 0.4) is 0 Å². The van der Waals surface area contributed by atoms with Gasteiger partial charge in [-0.1, -0.05) is 17.7 Å². The molecule has 4 aromatic rings. The molecule has 0 radical (unpaired) electrons. The highest BCUT2D eigenvalue weighted by Crippen LogP contribution is 2.39. The fourth-order valence-electron chi connectivity index (χ4n) is 5.32. The van der Waals surface area contributed by atoms with Gasteiger partial charge < -0.3 is 29.2 Å². The molecule has 0 unspecified atom stereocenters. The zero-order valence-corrected chi connectivity index (χ0v) is 25.8. The molecule has 43 heavy (non-hydrogen) atoms. The number of nitrogens with zero attached hydrogens (tertiary/aromatic N) is 6. The number of methoxy groups -OCH3 is 2. The zero-order valence-electron chi connectivity index (χ0n) is 25.0. The molecule has 226 valence electrons. The van der Waals surface area contributed by atoms with E-state index in [4.69, 9.17) is 21.1 Å². The van der Waals surface area contributed by atoms with Gasteiger partial charge >= 0.3 is 0 Å². The van der Waals surface area contributed by atoms with E-state index in [0.29, 0.717) is 71.8 Å². The third-order valence-corrected chi connectivity index (χ3v) is 7.91. The first-order valence-corrected chi connectivity index (χ1v) is 14.4. The largest absolute Gasteiger partial charge is 0.497 e. The Morgan fingerprint density at radius 2 is 1.88 bits per heavy atom. The topological polar surface area (TPSA) is 107 Å².